The molecule has 1 saturated heterocycles. The maximum atomic E-state index is 13.2. The minimum absolute atomic E-state index is 0.00837. The van der Waals surface area contributed by atoms with E-state index < -0.39 is 40.7 Å². The molecule has 2 fully saturated rings. The van der Waals surface area contributed by atoms with Gasteiger partial charge in [-0.3, -0.25) is 10.3 Å². The van der Waals surface area contributed by atoms with Crippen LogP contribution in [-0.4, -0.2) is 106 Å². The molecule has 0 aromatic carbocycles. The van der Waals surface area contributed by atoms with Gasteiger partial charge < -0.3 is 23.7 Å². The van der Waals surface area contributed by atoms with E-state index in [9.17, 15) is 19.2 Å². The Kier molecular flexibility index (Phi) is 6.66. The van der Waals surface area contributed by atoms with Gasteiger partial charge >= 0.3 is 23.9 Å². The molecule has 1 aliphatic carbocycles. The van der Waals surface area contributed by atoms with Crippen LogP contribution in [-0.2, 0) is 42.9 Å². The first-order valence-electron chi connectivity index (χ1n) is 11.1. The van der Waals surface area contributed by atoms with Gasteiger partial charge in [-0.15, -0.1) is 10.2 Å². The van der Waals surface area contributed by atoms with Crippen LogP contribution < -0.4 is 5.43 Å². The second-order valence-corrected chi connectivity index (χ2v) is 8.64. The second-order valence-electron chi connectivity index (χ2n) is 8.64. The summed E-state index contributed by atoms with van der Waals surface area (Å²) in [6.07, 6.45) is -0.00837. The van der Waals surface area contributed by atoms with E-state index >= 15 is 0 Å². The molecule has 1 N–H and O–H groups in total. The Balaban J connectivity index is 2.10. The number of fused-ring (bicyclic) bond motifs is 3. The summed E-state index contributed by atoms with van der Waals surface area (Å²) in [4.78, 5) is 53.9. The number of carbonyl (C=O) groups is 4. The van der Waals surface area contributed by atoms with Crippen LogP contribution in [0.25, 0.3) is 0 Å². The molecule has 0 spiro atoms. The van der Waals surface area contributed by atoms with Crippen LogP contribution >= 0.6 is 0 Å². The highest BCUT2D eigenvalue weighted by Crippen LogP contribution is 2.61. The van der Waals surface area contributed by atoms with Gasteiger partial charge in [0.15, 0.2) is 17.1 Å². The zero-order chi connectivity index (χ0) is 26.3. The molecular weight excluding hydrogens is 478 g/mol. The van der Waals surface area contributed by atoms with Crippen molar-refractivity contribution in [3.8, 4) is 0 Å². The minimum Gasteiger partial charge on any atom is -0.464 e. The van der Waals surface area contributed by atoms with Crippen molar-refractivity contribution in [2.24, 2.45) is 26.6 Å². The highest BCUT2D eigenvalue weighted by atomic mass is 16.5. The normalized spacial score (nSPS) is 29.5. The molecular formula is C22H27N5O9. The third kappa shape index (κ3) is 3.35. The van der Waals surface area contributed by atoms with Crippen LogP contribution in [0.15, 0.2) is 26.6 Å². The Morgan fingerprint density at radius 2 is 1.44 bits per heavy atom. The molecule has 0 aromatic rings. The number of hydrogen-bond donors (Lipinski definition) is 1. The van der Waals surface area contributed by atoms with Crippen molar-refractivity contribution in [1.29, 1.82) is 0 Å². The summed E-state index contributed by atoms with van der Waals surface area (Å²) in [6.45, 7) is 3.05. The number of rotatable bonds is 5. The van der Waals surface area contributed by atoms with Crippen molar-refractivity contribution in [3.63, 3.8) is 0 Å². The van der Waals surface area contributed by atoms with Gasteiger partial charge in [-0.25, -0.2) is 19.2 Å². The number of esters is 4. The van der Waals surface area contributed by atoms with Gasteiger partial charge in [-0.2, -0.15) is 5.10 Å². The van der Waals surface area contributed by atoms with E-state index in [2.05, 4.69) is 20.7 Å². The number of ether oxygens (including phenoxy) is 5. The summed E-state index contributed by atoms with van der Waals surface area (Å²) < 4.78 is 25.6. The van der Waals surface area contributed by atoms with Gasteiger partial charge in [-0.05, 0) is 12.0 Å². The highest BCUT2D eigenvalue weighted by Gasteiger charge is 2.73. The highest BCUT2D eigenvalue weighted by molar-refractivity contribution is 6.49. The number of nitrogens with one attached hydrogen (secondary N) is 1. The van der Waals surface area contributed by atoms with Crippen molar-refractivity contribution in [3.05, 3.63) is 11.3 Å². The van der Waals surface area contributed by atoms with E-state index in [1.165, 1.54) is 28.4 Å². The lowest BCUT2D eigenvalue weighted by Gasteiger charge is -2.53. The van der Waals surface area contributed by atoms with Crippen molar-refractivity contribution >= 4 is 41.0 Å². The first kappa shape index (κ1) is 25.4. The molecule has 0 bridgehead atoms. The molecule has 3 aliphatic heterocycles. The number of nitrogens with zero attached hydrogens (tertiary/aromatic N) is 4. The molecule has 194 valence electrons. The standard InChI is InChI=1S/C22H27N5O9/c1-21-12-11(13(17(28)32-2)23-24-14(12)18(29)33-3)10-22(21,27-6-8-36-9-7-27)16(20(31)35-5)26-25-15(21)19(30)34-4/h12,23H,6-10H2,1-5H3. The maximum Gasteiger partial charge on any atom is 0.356 e. The Morgan fingerprint density at radius 1 is 0.889 bits per heavy atom. The zero-order valence-corrected chi connectivity index (χ0v) is 20.6. The number of hydrogen-bond acceptors (Lipinski definition) is 14. The predicted octanol–water partition coefficient (Wildman–Crippen LogP) is -1.20. The fourth-order valence-corrected chi connectivity index (χ4v) is 5.76. The molecule has 36 heavy (non-hydrogen) atoms. The molecule has 14 heteroatoms. The first-order valence-corrected chi connectivity index (χ1v) is 11.1. The fraction of sp³-hybridized carbons (Fsp3) is 0.591. The van der Waals surface area contributed by atoms with Gasteiger partial charge in [0.25, 0.3) is 0 Å². The third-order valence-electron chi connectivity index (χ3n) is 7.34. The summed E-state index contributed by atoms with van der Waals surface area (Å²) >= 11 is 0. The third-order valence-corrected chi connectivity index (χ3v) is 7.34. The Labute approximate surface area is 206 Å². The lowest BCUT2D eigenvalue weighted by Crippen LogP contribution is -2.71. The van der Waals surface area contributed by atoms with Crippen LogP contribution in [0.5, 0.6) is 0 Å². The minimum atomic E-state index is -1.48. The molecule has 0 aromatic heterocycles. The molecule has 1 saturated carbocycles. The number of methoxy groups -OCH3 is 4. The van der Waals surface area contributed by atoms with Crippen LogP contribution in [0.3, 0.4) is 0 Å². The molecule has 0 radical (unpaired) electrons. The summed E-state index contributed by atoms with van der Waals surface area (Å²) in [6, 6.07) is 0. The zero-order valence-electron chi connectivity index (χ0n) is 20.6. The van der Waals surface area contributed by atoms with Crippen molar-refractivity contribution in [2.45, 2.75) is 18.9 Å². The number of morpholine rings is 1. The van der Waals surface area contributed by atoms with Crippen LogP contribution in [0, 0.1) is 11.3 Å². The SMILES string of the molecule is COC(=O)C1=NNC(C(=O)OC)=C2CC3(N4CCOCC4)C(C(=O)OC)=NN=C(C(=O)OC)C3(C)C12. The van der Waals surface area contributed by atoms with E-state index in [1.54, 1.807) is 6.92 Å². The maximum absolute atomic E-state index is 13.2. The van der Waals surface area contributed by atoms with E-state index in [0.717, 1.165) is 0 Å². The predicted molar refractivity (Wildman–Crippen MR) is 122 cm³/mol. The van der Waals surface area contributed by atoms with Gasteiger partial charge in [0, 0.05) is 19.0 Å². The molecule has 14 nitrogen and oxygen atoms in total. The topological polar surface area (TPSA) is 167 Å². The summed E-state index contributed by atoms with van der Waals surface area (Å²) in [5.41, 5.74) is -0.255. The van der Waals surface area contributed by atoms with Crippen LogP contribution in [0.4, 0.5) is 0 Å². The average Bonchev–Trinajstić information content (AvgIpc) is 3.21. The molecule has 4 aliphatic rings. The fourth-order valence-electron chi connectivity index (χ4n) is 5.76. The van der Waals surface area contributed by atoms with E-state index in [-0.39, 0.29) is 29.3 Å². The monoisotopic (exact) mass is 505 g/mol. The molecule has 3 unspecified atom stereocenters. The molecule has 3 heterocycles. The van der Waals surface area contributed by atoms with Crippen molar-refractivity contribution < 1.29 is 42.9 Å². The Morgan fingerprint density at radius 3 is 2.03 bits per heavy atom. The average molecular weight is 505 g/mol. The Hall–Kier alpha value is -3.65. The van der Waals surface area contributed by atoms with E-state index in [4.69, 9.17) is 23.7 Å². The summed E-state index contributed by atoms with van der Waals surface area (Å²) in [5, 5.41) is 12.4. The molecule has 0 amide bonds. The molecule has 3 atom stereocenters. The first-order chi connectivity index (χ1) is 17.2. The van der Waals surface area contributed by atoms with Crippen molar-refractivity contribution in [2.75, 3.05) is 54.7 Å². The Bertz CT molecular complexity index is 1140. The van der Waals surface area contributed by atoms with Crippen LogP contribution in [0.1, 0.15) is 13.3 Å². The van der Waals surface area contributed by atoms with Gasteiger partial charge in [0.1, 0.15) is 5.70 Å². The van der Waals surface area contributed by atoms with Gasteiger partial charge in [-0.1, -0.05) is 6.92 Å². The summed E-state index contributed by atoms with van der Waals surface area (Å²) in [7, 11) is 4.79. The quantitative estimate of drug-likeness (QED) is 0.352. The van der Waals surface area contributed by atoms with Gasteiger partial charge in [0.05, 0.1) is 52.6 Å². The number of hydrazone groups is 1. The lowest BCUT2D eigenvalue weighted by atomic mass is 9.60. The molecule has 4 rings (SSSR count). The lowest BCUT2D eigenvalue weighted by molar-refractivity contribution is -0.137. The van der Waals surface area contributed by atoms with Gasteiger partial charge in [0.2, 0.25) is 0 Å². The van der Waals surface area contributed by atoms with Crippen molar-refractivity contribution in [1.82, 2.24) is 10.3 Å². The van der Waals surface area contributed by atoms with E-state index in [0.29, 0.717) is 31.9 Å². The largest absolute Gasteiger partial charge is 0.464 e. The second kappa shape index (κ2) is 9.43. The summed E-state index contributed by atoms with van der Waals surface area (Å²) in [5.74, 6) is -4.15. The van der Waals surface area contributed by atoms with E-state index in [1.807, 2.05) is 4.90 Å². The smallest absolute Gasteiger partial charge is 0.356 e. The number of carbonyl (C=O) groups excluding carboxylic acids is 4. The van der Waals surface area contributed by atoms with Crippen LogP contribution in [0.2, 0.25) is 0 Å².